The van der Waals surface area contributed by atoms with E-state index >= 15 is 0 Å². The highest BCUT2D eigenvalue weighted by Gasteiger charge is 2.12. The van der Waals surface area contributed by atoms with E-state index in [0.717, 1.165) is 38.4 Å². The van der Waals surface area contributed by atoms with E-state index in [4.69, 9.17) is 4.74 Å². The molecule has 0 saturated heterocycles. The third-order valence-electron chi connectivity index (χ3n) is 4.19. The van der Waals surface area contributed by atoms with Crippen LogP contribution in [0.25, 0.3) is 28.5 Å². The Bertz CT molecular complexity index is 1100. The third-order valence-corrected chi connectivity index (χ3v) is 5.06. The molecule has 0 fully saturated rings. The zero-order valence-corrected chi connectivity index (χ0v) is 16.1. The lowest BCUT2D eigenvalue weighted by Crippen LogP contribution is -2.08. The van der Waals surface area contributed by atoms with Crippen molar-refractivity contribution in [1.82, 2.24) is 19.8 Å². The molecule has 4 aromatic rings. The molecule has 4 rings (SSSR count). The molecule has 0 amide bonds. The topological polar surface area (TPSA) is 55.6 Å². The van der Waals surface area contributed by atoms with Gasteiger partial charge in [-0.05, 0) is 42.5 Å². The minimum absolute atomic E-state index is 0.739. The molecule has 0 N–H and O–H groups in total. The van der Waals surface area contributed by atoms with Gasteiger partial charge in [0.15, 0.2) is 5.82 Å². The molecular weight excluding hydrogens is 358 g/mol. The molecule has 136 valence electrons. The number of para-hydroxylation sites is 1. The average Bonchev–Trinajstić information content (AvgIpc) is 3.27. The van der Waals surface area contributed by atoms with Crippen molar-refractivity contribution >= 4 is 34.1 Å². The van der Waals surface area contributed by atoms with Gasteiger partial charge in [0.2, 0.25) is 4.96 Å². The summed E-state index contributed by atoms with van der Waals surface area (Å²) in [6.07, 6.45) is 3.96. The van der Waals surface area contributed by atoms with Gasteiger partial charge in [-0.3, -0.25) is 0 Å². The minimum atomic E-state index is 0.739. The first-order valence-corrected chi connectivity index (χ1v) is 9.28. The van der Waals surface area contributed by atoms with Crippen LogP contribution in [0.5, 0.6) is 5.75 Å². The Hall–Kier alpha value is -3.19. The van der Waals surface area contributed by atoms with Gasteiger partial charge in [0.1, 0.15) is 10.8 Å². The quantitative estimate of drug-likeness (QED) is 0.524. The van der Waals surface area contributed by atoms with Crippen LogP contribution in [0.15, 0.2) is 48.5 Å². The summed E-state index contributed by atoms with van der Waals surface area (Å²) >= 11 is 1.50. The molecule has 2 aromatic heterocycles. The number of methoxy groups -OCH3 is 1. The molecule has 7 heteroatoms. The lowest BCUT2D eigenvalue weighted by atomic mass is 10.2. The highest BCUT2D eigenvalue weighted by Crippen LogP contribution is 2.25. The highest BCUT2D eigenvalue weighted by molar-refractivity contribution is 7.17. The second-order valence-electron chi connectivity index (χ2n) is 6.17. The molecule has 27 heavy (non-hydrogen) atoms. The summed E-state index contributed by atoms with van der Waals surface area (Å²) in [7, 11) is 5.71. The fourth-order valence-electron chi connectivity index (χ4n) is 2.75. The maximum Gasteiger partial charge on any atom is 0.235 e. The van der Waals surface area contributed by atoms with Crippen molar-refractivity contribution in [2.45, 2.75) is 0 Å². The fourth-order valence-corrected chi connectivity index (χ4v) is 3.49. The number of rotatable bonds is 5. The van der Waals surface area contributed by atoms with Crippen LogP contribution in [0.2, 0.25) is 0 Å². The summed E-state index contributed by atoms with van der Waals surface area (Å²) in [4.78, 5) is 2.83. The number of aromatic nitrogens is 4. The second-order valence-corrected chi connectivity index (χ2v) is 7.16. The Labute approximate surface area is 161 Å². The van der Waals surface area contributed by atoms with E-state index in [9.17, 15) is 0 Å². The van der Waals surface area contributed by atoms with Crippen molar-refractivity contribution in [3.05, 3.63) is 59.1 Å². The number of nitrogens with zero attached hydrogens (tertiary/aromatic N) is 5. The minimum Gasteiger partial charge on any atom is -0.496 e. The van der Waals surface area contributed by atoms with Gasteiger partial charge >= 0.3 is 0 Å². The van der Waals surface area contributed by atoms with Crippen molar-refractivity contribution in [2.75, 3.05) is 26.1 Å². The largest absolute Gasteiger partial charge is 0.496 e. The lowest BCUT2D eigenvalue weighted by molar-refractivity contribution is 0.414. The van der Waals surface area contributed by atoms with Crippen molar-refractivity contribution in [1.29, 1.82) is 0 Å². The molecule has 2 aromatic carbocycles. The Balaban J connectivity index is 1.65. The van der Waals surface area contributed by atoms with E-state index in [0.29, 0.717) is 0 Å². The molecule has 0 aliphatic rings. The summed E-state index contributed by atoms with van der Waals surface area (Å²) in [6.45, 7) is 0. The molecular formula is C20H19N5OS. The summed E-state index contributed by atoms with van der Waals surface area (Å²) in [5.74, 6) is 1.57. The average molecular weight is 377 g/mol. The van der Waals surface area contributed by atoms with E-state index in [-0.39, 0.29) is 0 Å². The predicted molar refractivity (Wildman–Crippen MR) is 110 cm³/mol. The van der Waals surface area contributed by atoms with E-state index in [2.05, 4.69) is 32.3 Å². The maximum atomic E-state index is 5.38. The molecule has 0 saturated carbocycles. The van der Waals surface area contributed by atoms with Crippen LogP contribution in [-0.4, -0.2) is 41.0 Å². The van der Waals surface area contributed by atoms with Crippen LogP contribution in [0.1, 0.15) is 10.6 Å². The van der Waals surface area contributed by atoms with E-state index < -0.39 is 0 Å². The molecule has 0 spiro atoms. The van der Waals surface area contributed by atoms with Crippen LogP contribution in [0.3, 0.4) is 0 Å². The zero-order valence-electron chi connectivity index (χ0n) is 15.3. The van der Waals surface area contributed by atoms with Crippen molar-refractivity contribution in [2.24, 2.45) is 0 Å². The van der Waals surface area contributed by atoms with Gasteiger partial charge in [0.05, 0.1) is 7.11 Å². The SMILES string of the molecule is COc1ccccc1/C=C/c1nn2c(-c3ccc(N(C)C)cc3)nnc2s1. The monoisotopic (exact) mass is 377 g/mol. The molecule has 0 aliphatic carbocycles. The first-order chi connectivity index (χ1) is 13.2. The summed E-state index contributed by atoms with van der Waals surface area (Å²) in [5.41, 5.74) is 3.13. The van der Waals surface area contributed by atoms with E-state index in [1.54, 1.807) is 11.6 Å². The number of benzene rings is 2. The van der Waals surface area contributed by atoms with Gasteiger partial charge in [0, 0.05) is 30.9 Å². The normalized spacial score (nSPS) is 11.4. The second kappa shape index (κ2) is 7.20. The predicted octanol–water partition coefficient (Wildman–Crippen LogP) is 4.10. The number of ether oxygens (including phenoxy) is 1. The van der Waals surface area contributed by atoms with E-state index in [1.807, 2.05) is 62.6 Å². The van der Waals surface area contributed by atoms with Crippen LogP contribution in [0.4, 0.5) is 5.69 Å². The third kappa shape index (κ3) is 3.41. The first kappa shape index (κ1) is 17.2. The molecule has 0 unspecified atom stereocenters. The summed E-state index contributed by atoms with van der Waals surface area (Å²) in [6, 6.07) is 16.1. The van der Waals surface area contributed by atoms with Crippen LogP contribution in [-0.2, 0) is 0 Å². The van der Waals surface area contributed by atoms with Crippen molar-refractivity contribution in [3.8, 4) is 17.1 Å². The van der Waals surface area contributed by atoms with E-state index in [1.165, 1.54) is 11.3 Å². The number of anilines is 1. The maximum absolute atomic E-state index is 5.38. The molecule has 0 atom stereocenters. The number of hydrogen-bond donors (Lipinski definition) is 0. The standard InChI is InChI=1S/C20H19N5OS/c1-24(2)16-11-8-15(9-12-16)19-21-22-20-25(19)23-18(27-20)13-10-14-6-4-5-7-17(14)26-3/h4-13H,1-3H3/b13-10+. The molecule has 2 heterocycles. The van der Waals surface area contributed by atoms with Crippen LogP contribution < -0.4 is 9.64 Å². The lowest BCUT2D eigenvalue weighted by Gasteiger charge is -2.11. The van der Waals surface area contributed by atoms with Gasteiger partial charge < -0.3 is 9.64 Å². The van der Waals surface area contributed by atoms with Crippen LogP contribution in [0, 0.1) is 0 Å². The molecule has 6 nitrogen and oxygen atoms in total. The Morgan fingerprint density at radius 1 is 1.00 bits per heavy atom. The van der Waals surface area contributed by atoms with Gasteiger partial charge in [-0.1, -0.05) is 29.5 Å². The van der Waals surface area contributed by atoms with Crippen molar-refractivity contribution < 1.29 is 4.74 Å². The Kier molecular flexibility index (Phi) is 4.60. The molecule has 0 radical (unpaired) electrons. The summed E-state index contributed by atoms with van der Waals surface area (Å²) < 4.78 is 7.17. The summed E-state index contributed by atoms with van der Waals surface area (Å²) in [5, 5.41) is 14.1. The van der Waals surface area contributed by atoms with Crippen LogP contribution >= 0.6 is 11.3 Å². The van der Waals surface area contributed by atoms with Crippen molar-refractivity contribution in [3.63, 3.8) is 0 Å². The first-order valence-electron chi connectivity index (χ1n) is 8.47. The zero-order chi connectivity index (χ0) is 18.8. The van der Waals surface area contributed by atoms with Gasteiger partial charge in [-0.2, -0.15) is 9.61 Å². The Morgan fingerprint density at radius 3 is 2.52 bits per heavy atom. The molecule has 0 aliphatic heterocycles. The Morgan fingerprint density at radius 2 is 1.78 bits per heavy atom. The van der Waals surface area contributed by atoms with Gasteiger partial charge in [0.25, 0.3) is 0 Å². The smallest absolute Gasteiger partial charge is 0.235 e. The van der Waals surface area contributed by atoms with Gasteiger partial charge in [-0.25, -0.2) is 0 Å². The highest BCUT2D eigenvalue weighted by atomic mass is 32.1. The number of fused-ring (bicyclic) bond motifs is 1. The molecule has 0 bridgehead atoms. The van der Waals surface area contributed by atoms with Gasteiger partial charge in [-0.15, -0.1) is 10.2 Å². The number of hydrogen-bond acceptors (Lipinski definition) is 6. The fraction of sp³-hybridized carbons (Fsp3) is 0.150.